The van der Waals surface area contributed by atoms with Gasteiger partial charge in [-0.05, 0) is 31.1 Å². The first-order valence-electron chi connectivity index (χ1n) is 8.38. The lowest BCUT2D eigenvalue weighted by atomic mass is 9.73. The minimum Gasteiger partial charge on any atom is -0.301 e. The molecule has 0 amide bonds. The van der Waals surface area contributed by atoms with Gasteiger partial charge in [0.2, 0.25) is 0 Å². The fourth-order valence-corrected chi connectivity index (χ4v) is 2.96. The number of carbonyl (C=O) groups excluding carboxylic acids is 1. The van der Waals surface area contributed by atoms with Gasteiger partial charge < -0.3 is 4.89 Å². The van der Waals surface area contributed by atoms with Gasteiger partial charge in [-0.15, -0.1) is 0 Å². The molecule has 0 aliphatic carbocycles. The largest absolute Gasteiger partial charge is 0.345 e. The summed E-state index contributed by atoms with van der Waals surface area (Å²) in [7, 11) is 0. The van der Waals surface area contributed by atoms with E-state index in [9.17, 15) is 4.79 Å². The molecule has 0 aromatic heterocycles. The van der Waals surface area contributed by atoms with Crippen LogP contribution in [0.5, 0.6) is 0 Å². The SMILES string of the molecule is CCCCC(CC(C)(CCCC)CCCC)C(=O)OO. The van der Waals surface area contributed by atoms with Crippen LogP contribution in [0.1, 0.15) is 91.9 Å². The highest BCUT2D eigenvalue weighted by molar-refractivity contribution is 5.71. The van der Waals surface area contributed by atoms with Crippen molar-refractivity contribution < 1.29 is 14.9 Å². The molecule has 20 heavy (non-hydrogen) atoms. The molecule has 120 valence electrons. The van der Waals surface area contributed by atoms with Crippen molar-refractivity contribution in [3.8, 4) is 0 Å². The Morgan fingerprint density at radius 2 is 1.55 bits per heavy atom. The Morgan fingerprint density at radius 1 is 1.05 bits per heavy atom. The van der Waals surface area contributed by atoms with Gasteiger partial charge in [0.15, 0.2) is 0 Å². The molecule has 3 nitrogen and oxygen atoms in total. The molecule has 0 aromatic rings. The van der Waals surface area contributed by atoms with Crippen molar-refractivity contribution in [1.82, 2.24) is 0 Å². The van der Waals surface area contributed by atoms with E-state index in [4.69, 9.17) is 5.26 Å². The van der Waals surface area contributed by atoms with E-state index in [1.807, 2.05) is 0 Å². The first-order valence-corrected chi connectivity index (χ1v) is 8.38. The van der Waals surface area contributed by atoms with Gasteiger partial charge in [0.05, 0.1) is 5.92 Å². The van der Waals surface area contributed by atoms with Crippen LogP contribution >= 0.6 is 0 Å². The number of rotatable bonds is 12. The third kappa shape index (κ3) is 7.88. The highest BCUT2D eigenvalue weighted by Crippen LogP contribution is 2.38. The van der Waals surface area contributed by atoms with Crippen LogP contribution in [0.3, 0.4) is 0 Å². The molecule has 0 fully saturated rings. The maximum absolute atomic E-state index is 11.8. The van der Waals surface area contributed by atoms with Crippen molar-refractivity contribution in [2.45, 2.75) is 91.9 Å². The van der Waals surface area contributed by atoms with Crippen LogP contribution in [-0.4, -0.2) is 11.2 Å². The van der Waals surface area contributed by atoms with E-state index in [2.05, 4.69) is 32.6 Å². The molecular weight excluding hydrogens is 252 g/mol. The van der Waals surface area contributed by atoms with Crippen LogP contribution in [0.4, 0.5) is 0 Å². The van der Waals surface area contributed by atoms with Crippen molar-refractivity contribution in [2.75, 3.05) is 0 Å². The molecule has 1 atom stereocenters. The highest BCUT2D eigenvalue weighted by atomic mass is 17.1. The molecule has 0 saturated heterocycles. The normalized spacial score (nSPS) is 13.2. The zero-order valence-electron chi connectivity index (χ0n) is 13.9. The van der Waals surface area contributed by atoms with E-state index in [0.717, 1.165) is 38.5 Å². The molecule has 0 saturated carbocycles. The van der Waals surface area contributed by atoms with Crippen LogP contribution in [0.25, 0.3) is 0 Å². The zero-order chi connectivity index (χ0) is 15.4. The van der Waals surface area contributed by atoms with Gasteiger partial charge in [0.25, 0.3) is 0 Å². The summed E-state index contributed by atoms with van der Waals surface area (Å²) < 4.78 is 0. The van der Waals surface area contributed by atoms with Crippen molar-refractivity contribution in [1.29, 1.82) is 0 Å². The van der Waals surface area contributed by atoms with Gasteiger partial charge in [0, 0.05) is 0 Å². The molecule has 1 N–H and O–H groups in total. The Bertz CT molecular complexity index is 243. The summed E-state index contributed by atoms with van der Waals surface area (Å²) in [6, 6.07) is 0. The Morgan fingerprint density at radius 3 is 1.95 bits per heavy atom. The number of unbranched alkanes of at least 4 members (excludes halogenated alkanes) is 3. The van der Waals surface area contributed by atoms with E-state index >= 15 is 0 Å². The summed E-state index contributed by atoms with van der Waals surface area (Å²) in [4.78, 5) is 15.8. The Hall–Kier alpha value is -0.570. The number of hydrogen-bond acceptors (Lipinski definition) is 3. The van der Waals surface area contributed by atoms with Crippen LogP contribution < -0.4 is 0 Å². The van der Waals surface area contributed by atoms with Crippen molar-refractivity contribution in [3.05, 3.63) is 0 Å². The second-order valence-electron chi connectivity index (χ2n) is 6.47. The molecule has 0 spiro atoms. The topological polar surface area (TPSA) is 46.5 Å². The zero-order valence-corrected chi connectivity index (χ0v) is 13.9. The van der Waals surface area contributed by atoms with Gasteiger partial charge >= 0.3 is 5.97 Å². The lowest BCUT2D eigenvalue weighted by molar-refractivity contribution is -0.240. The summed E-state index contributed by atoms with van der Waals surface area (Å²) in [5, 5.41) is 8.70. The van der Waals surface area contributed by atoms with Crippen molar-refractivity contribution in [3.63, 3.8) is 0 Å². The average molecular weight is 286 g/mol. The molecule has 0 aromatic carbocycles. The second-order valence-corrected chi connectivity index (χ2v) is 6.47. The fourth-order valence-electron chi connectivity index (χ4n) is 2.96. The maximum atomic E-state index is 11.8. The van der Waals surface area contributed by atoms with Gasteiger partial charge in [0.1, 0.15) is 0 Å². The first kappa shape index (κ1) is 19.4. The van der Waals surface area contributed by atoms with Gasteiger partial charge in [-0.1, -0.05) is 66.2 Å². The molecule has 0 heterocycles. The van der Waals surface area contributed by atoms with E-state index in [-0.39, 0.29) is 11.3 Å². The summed E-state index contributed by atoms with van der Waals surface area (Å²) in [5.41, 5.74) is 0.193. The molecule has 0 aliphatic heterocycles. The van der Waals surface area contributed by atoms with E-state index in [1.165, 1.54) is 25.7 Å². The quantitative estimate of drug-likeness (QED) is 0.376. The van der Waals surface area contributed by atoms with Crippen LogP contribution in [-0.2, 0) is 9.68 Å². The van der Waals surface area contributed by atoms with Crippen molar-refractivity contribution >= 4 is 5.97 Å². The van der Waals surface area contributed by atoms with E-state index < -0.39 is 5.97 Å². The van der Waals surface area contributed by atoms with E-state index in [0.29, 0.717) is 0 Å². The standard InChI is InChI=1S/C17H34O3/c1-5-8-11-15(16(18)20-19)14-17(4,12-9-6-2)13-10-7-3/h15,19H,5-14H2,1-4H3. The molecule has 0 radical (unpaired) electrons. The smallest absolute Gasteiger partial charge is 0.301 e. The molecule has 1 unspecified atom stereocenters. The predicted octanol–water partition coefficient (Wildman–Crippen LogP) is 5.59. The predicted molar refractivity (Wildman–Crippen MR) is 83.5 cm³/mol. The summed E-state index contributed by atoms with van der Waals surface area (Å²) in [5.74, 6) is -0.601. The molecular formula is C17H34O3. The van der Waals surface area contributed by atoms with Crippen LogP contribution in [0, 0.1) is 11.3 Å². The number of hydrogen-bond donors (Lipinski definition) is 1. The van der Waals surface area contributed by atoms with Crippen LogP contribution in [0.2, 0.25) is 0 Å². The summed E-state index contributed by atoms with van der Waals surface area (Å²) in [6.45, 7) is 8.82. The lowest BCUT2D eigenvalue weighted by Gasteiger charge is -2.32. The third-order valence-corrected chi connectivity index (χ3v) is 4.34. The molecule has 0 rings (SSSR count). The fraction of sp³-hybridized carbons (Fsp3) is 0.941. The van der Waals surface area contributed by atoms with Gasteiger partial charge in [-0.3, -0.25) is 0 Å². The van der Waals surface area contributed by atoms with Gasteiger partial charge in [-0.2, -0.15) is 5.26 Å². The molecule has 3 heteroatoms. The second kappa shape index (κ2) is 11.1. The third-order valence-electron chi connectivity index (χ3n) is 4.34. The average Bonchev–Trinajstić information content (AvgIpc) is 2.46. The Labute approximate surface area is 125 Å². The van der Waals surface area contributed by atoms with Crippen molar-refractivity contribution in [2.24, 2.45) is 11.3 Å². The first-order chi connectivity index (χ1) is 9.52. The molecule has 0 bridgehead atoms. The number of carbonyl (C=O) groups is 1. The van der Waals surface area contributed by atoms with E-state index in [1.54, 1.807) is 0 Å². The maximum Gasteiger partial charge on any atom is 0.345 e. The monoisotopic (exact) mass is 286 g/mol. The highest BCUT2D eigenvalue weighted by Gasteiger charge is 2.31. The minimum absolute atomic E-state index is 0.154. The summed E-state index contributed by atoms with van der Waals surface area (Å²) in [6.07, 6.45) is 10.8. The Balaban J connectivity index is 4.70. The lowest BCUT2D eigenvalue weighted by Crippen LogP contribution is -2.26. The van der Waals surface area contributed by atoms with Gasteiger partial charge in [-0.25, -0.2) is 4.79 Å². The summed E-state index contributed by atoms with van der Waals surface area (Å²) >= 11 is 0. The van der Waals surface area contributed by atoms with Crippen LogP contribution in [0.15, 0.2) is 0 Å². The minimum atomic E-state index is -0.447. The Kier molecular flexibility index (Phi) is 10.8. The molecule has 0 aliphatic rings.